The van der Waals surface area contributed by atoms with E-state index in [4.69, 9.17) is 5.73 Å². The lowest BCUT2D eigenvalue weighted by atomic mass is 10.2. The van der Waals surface area contributed by atoms with Crippen LogP contribution in [-0.4, -0.2) is 24.8 Å². The van der Waals surface area contributed by atoms with Crippen molar-refractivity contribution in [2.75, 3.05) is 18.5 Å². The van der Waals surface area contributed by atoms with Crippen molar-refractivity contribution in [3.05, 3.63) is 24.0 Å². The maximum Gasteiger partial charge on any atom is 0.405 e. The van der Waals surface area contributed by atoms with Gasteiger partial charge in [-0.15, -0.1) is 0 Å². The molecule has 0 saturated heterocycles. The molecule has 0 aliphatic heterocycles. The summed E-state index contributed by atoms with van der Waals surface area (Å²) in [6.45, 7) is 0.771. The van der Waals surface area contributed by atoms with Crippen molar-refractivity contribution >= 4 is 5.69 Å². The molecule has 0 fully saturated rings. The highest BCUT2D eigenvalue weighted by Gasteiger charge is 2.29. The van der Waals surface area contributed by atoms with Crippen LogP contribution in [0.5, 0.6) is 0 Å². The van der Waals surface area contributed by atoms with Crippen molar-refractivity contribution in [3.8, 4) is 0 Å². The maximum absolute atomic E-state index is 12.1. The average molecular weight is 233 g/mol. The zero-order valence-corrected chi connectivity index (χ0v) is 9.12. The number of halogens is 3. The van der Waals surface area contributed by atoms with Gasteiger partial charge in [0.15, 0.2) is 0 Å². The minimum Gasteiger partial charge on any atom is -0.364 e. The van der Waals surface area contributed by atoms with E-state index >= 15 is 0 Å². The van der Waals surface area contributed by atoms with Gasteiger partial charge in [0, 0.05) is 13.1 Å². The molecule has 0 radical (unpaired) electrons. The topological polar surface area (TPSA) is 42.1 Å². The molecular weight excluding hydrogens is 219 g/mol. The van der Waals surface area contributed by atoms with E-state index < -0.39 is 12.7 Å². The Hall–Kier alpha value is -1.30. The van der Waals surface area contributed by atoms with Gasteiger partial charge in [0.25, 0.3) is 0 Å². The summed E-state index contributed by atoms with van der Waals surface area (Å²) in [5.74, 6) is 0. The highest BCUT2D eigenvalue weighted by molar-refractivity contribution is 5.44. The first-order valence-electron chi connectivity index (χ1n) is 4.79. The van der Waals surface area contributed by atoms with Crippen LogP contribution in [0.3, 0.4) is 0 Å². The molecule has 2 N–H and O–H groups in total. The van der Waals surface area contributed by atoms with Crippen LogP contribution in [0, 0.1) is 0 Å². The summed E-state index contributed by atoms with van der Waals surface area (Å²) < 4.78 is 36.4. The Morgan fingerprint density at radius 3 is 2.44 bits per heavy atom. The van der Waals surface area contributed by atoms with Gasteiger partial charge in [-0.2, -0.15) is 13.2 Å². The first-order valence-corrected chi connectivity index (χ1v) is 4.79. The lowest BCUT2D eigenvalue weighted by molar-refractivity contribution is -0.119. The molecule has 0 saturated carbocycles. The fraction of sp³-hybridized carbons (Fsp3) is 0.500. The van der Waals surface area contributed by atoms with E-state index in [1.807, 2.05) is 0 Å². The van der Waals surface area contributed by atoms with Crippen LogP contribution in [0.2, 0.25) is 0 Å². The van der Waals surface area contributed by atoms with Gasteiger partial charge >= 0.3 is 6.18 Å². The molecular formula is C10H14F3N3. The summed E-state index contributed by atoms with van der Waals surface area (Å²) in [7, 11) is 1.37. The Morgan fingerprint density at radius 2 is 2.06 bits per heavy atom. The highest BCUT2D eigenvalue weighted by atomic mass is 19.4. The number of hydrogen-bond acceptors (Lipinski definition) is 3. The summed E-state index contributed by atoms with van der Waals surface area (Å²) >= 11 is 0. The minimum atomic E-state index is -4.21. The zero-order chi connectivity index (χ0) is 12.3. The molecule has 0 amide bonds. The first-order chi connectivity index (χ1) is 7.29. The molecule has 6 heteroatoms. The molecule has 1 atom stereocenters. The number of nitrogens with zero attached hydrogens (tertiary/aromatic N) is 2. The normalized spacial score (nSPS) is 13.6. The van der Waals surface area contributed by atoms with E-state index in [0.29, 0.717) is 11.4 Å². The second-order valence-corrected chi connectivity index (χ2v) is 3.70. The van der Waals surface area contributed by atoms with Crippen molar-refractivity contribution < 1.29 is 13.2 Å². The van der Waals surface area contributed by atoms with Crippen LogP contribution >= 0.6 is 0 Å². The Morgan fingerprint density at radius 1 is 1.44 bits per heavy atom. The van der Waals surface area contributed by atoms with Gasteiger partial charge in [0.2, 0.25) is 0 Å². The van der Waals surface area contributed by atoms with Crippen LogP contribution in [0.4, 0.5) is 18.9 Å². The van der Waals surface area contributed by atoms with Crippen molar-refractivity contribution in [1.82, 2.24) is 4.98 Å². The van der Waals surface area contributed by atoms with Crippen LogP contribution in [0.15, 0.2) is 18.3 Å². The lowest BCUT2D eigenvalue weighted by Crippen LogP contribution is -2.30. The van der Waals surface area contributed by atoms with Crippen molar-refractivity contribution in [2.45, 2.75) is 19.1 Å². The van der Waals surface area contributed by atoms with Crippen LogP contribution in [0.25, 0.3) is 0 Å². The van der Waals surface area contributed by atoms with Crippen LogP contribution in [-0.2, 0) is 0 Å². The predicted molar refractivity (Wildman–Crippen MR) is 56.2 cm³/mol. The number of rotatable bonds is 3. The molecule has 0 aromatic carbocycles. The zero-order valence-electron chi connectivity index (χ0n) is 9.12. The fourth-order valence-corrected chi connectivity index (χ4v) is 1.25. The number of aromatic nitrogens is 1. The molecule has 0 spiro atoms. The van der Waals surface area contributed by atoms with Crippen molar-refractivity contribution in [2.24, 2.45) is 5.73 Å². The van der Waals surface area contributed by atoms with Gasteiger partial charge < -0.3 is 10.6 Å². The smallest absolute Gasteiger partial charge is 0.364 e. The van der Waals surface area contributed by atoms with E-state index in [0.717, 1.165) is 4.90 Å². The minimum absolute atomic E-state index is 0.220. The molecule has 1 aromatic heterocycles. The molecule has 90 valence electrons. The van der Waals surface area contributed by atoms with Crippen LogP contribution < -0.4 is 10.6 Å². The largest absolute Gasteiger partial charge is 0.405 e. The number of nitrogens with two attached hydrogens (primary N) is 1. The SMILES string of the molecule is C[C@@H](N)c1ccc(N(C)CC(F)(F)F)cn1. The third-order valence-corrected chi connectivity index (χ3v) is 2.09. The second-order valence-electron chi connectivity index (χ2n) is 3.70. The Kier molecular flexibility index (Phi) is 3.74. The van der Waals surface area contributed by atoms with Gasteiger partial charge in [-0.1, -0.05) is 0 Å². The van der Waals surface area contributed by atoms with E-state index in [2.05, 4.69) is 4.98 Å². The van der Waals surface area contributed by atoms with E-state index in [9.17, 15) is 13.2 Å². The average Bonchev–Trinajstić information content (AvgIpc) is 2.15. The Balaban J connectivity index is 2.74. The first kappa shape index (κ1) is 12.8. The number of anilines is 1. The molecule has 0 unspecified atom stereocenters. The summed E-state index contributed by atoms with van der Waals surface area (Å²) in [6, 6.07) is 2.99. The molecule has 1 aromatic rings. The van der Waals surface area contributed by atoms with Gasteiger partial charge in [-0.25, -0.2) is 0 Å². The fourth-order valence-electron chi connectivity index (χ4n) is 1.25. The summed E-state index contributed by atoms with van der Waals surface area (Å²) in [6.07, 6.45) is -2.82. The molecule has 1 rings (SSSR count). The van der Waals surface area contributed by atoms with E-state index in [1.165, 1.54) is 13.2 Å². The second kappa shape index (κ2) is 4.69. The summed E-state index contributed by atoms with van der Waals surface area (Å²) in [4.78, 5) is 5.09. The van der Waals surface area contributed by atoms with Gasteiger partial charge in [0.05, 0.1) is 17.6 Å². The maximum atomic E-state index is 12.1. The Labute approximate surface area is 92.1 Å². The lowest BCUT2D eigenvalue weighted by Gasteiger charge is -2.20. The number of alkyl halides is 3. The molecule has 1 heterocycles. The van der Waals surface area contributed by atoms with E-state index in [1.54, 1.807) is 19.1 Å². The number of pyridine rings is 1. The highest BCUT2D eigenvalue weighted by Crippen LogP contribution is 2.20. The quantitative estimate of drug-likeness (QED) is 0.869. The van der Waals surface area contributed by atoms with Gasteiger partial charge in [-0.05, 0) is 19.1 Å². The molecule has 16 heavy (non-hydrogen) atoms. The third kappa shape index (κ3) is 3.69. The van der Waals surface area contributed by atoms with Crippen molar-refractivity contribution in [1.29, 1.82) is 0 Å². The summed E-state index contributed by atoms with van der Waals surface area (Å²) in [5.41, 5.74) is 6.66. The molecule has 3 nitrogen and oxygen atoms in total. The molecule has 0 aliphatic carbocycles. The monoisotopic (exact) mass is 233 g/mol. The summed E-state index contributed by atoms with van der Waals surface area (Å²) in [5, 5.41) is 0. The molecule has 0 bridgehead atoms. The Bertz CT molecular complexity index is 332. The third-order valence-electron chi connectivity index (χ3n) is 2.09. The predicted octanol–water partition coefficient (Wildman–Crippen LogP) is 2.10. The standard InChI is InChI=1S/C10H14F3N3/c1-7(14)9-4-3-8(5-15-9)16(2)6-10(11,12)13/h3-5,7H,6,14H2,1-2H3/t7-/m1/s1. The number of hydrogen-bond donors (Lipinski definition) is 1. The van der Waals surface area contributed by atoms with Crippen LogP contribution in [0.1, 0.15) is 18.7 Å². The van der Waals surface area contributed by atoms with Gasteiger partial charge in [0.1, 0.15) is 6.54 Å². The molecule has 0 aliphatic rings. The van der Waals surface area contributed by atoms with E-state index in [-0.39, 0.29) is 6.04 Å². The van der Waals surface area contributed by atoms with Crippen molar-refractivity contribution in [3.63, 3.8) is 0 Å². The van der Waals surface area contributed by atoms with Gasteiger partial charge in [-0.3, -0.25) is 4.98 Å².